The summed E-state index contributed by atoms with van der Waals surface area (Å²) in [6.45, 7) is -0.664. The summed E-state index contributed by atoms with van der Waals surface area (Å²) in [7, 11) is 0. The highest BCUT2D eigenvalue weighted by Crippen LogP contribution is 2.41. The van der Waals surface area contributed by atoms with E-state index in [4.69, 9.17) is 0 Å². The first-order valence-corrected chi connectivity index (χ1v) is 10.2. The van der Waals surface area contributed by atoms with Crippen LogP contribution in [0.5, 0.6) is 0 Å². The monoisotopic (exact) mass is 476 g/mol. The Morgan fingerprint density at radius 1 is 1.33 bits per heavy atom. The molecule has 3 amide bonds. The van der Waals surface area contributed by atoms with Gasteiger partial charge in [-0.1, -0.05) is 0 Å². The van der Waals surface area contributed by atoms with Crippen LogP contribution < -0.4 is 10.6 Å². The summed E-state index contributed by atoms with van der Waals surface area (Å²) in [5.74, 6) is -3.15. The minimum Gasteiger partial charge on any atom is -0.465 e. The van der Waals surface area contributed by atoms with Crippen LogP contribution in [-0.2, 0) is 6.54 Å². The van der Waals surface area contributed by atoms with Crippen LogP contribution in [0, 0.1) is 5.92 Å². The van der Waals surface area contributed by atoms with Crippen LogP contribution >= 0.6 is 0 Å². The SMILES string of the molecule is O=C(O)N[C@H](c1cn2ncc(CN3C[C@@H](C(F)(F)F)NC3=O)cc2n1)C1CCC(F)(F)CC1. The Kier molecular flexibility index (Phi) is 5.78. The lowest BCUT2D eigenvalue weighted by Crippen LogP contribution is -2.40. The van der Waals surface area contributed by atoms with E-state index < -0.39 is 42.9 Å². The maximum atomic E-state index is 13.5. The Hall–Kier alpha value is -3.19. The summed E-state index contributed by atoms with van der Waals surface area (Å²) in [6.07, 6.45) is -3.47. The van der Waals surface area contributed by atoms with Crippen molar-refractivity contribution in [3.05, 3.63) is 29.7 Å². The van der Waals surface area contributed by atoms with Gasteiger partial charge in [-0.2, -0.15) is 18.3 Å². The molecule has 0 bridgehead atoms. The molecule has 2 aliphatic rings. The molecule has 3 N–H and O–H groups in total. The Bertz CT molecular complexity index is 1050. The number of carbonyl (C=O) groups excluding carboxylic acids is 1. The van der Waals surface area contributed by atoms with E-state index in [1.54, 1.807) is 0 Å². The van der Waals surface area contributed by atoms with E-state index >= 15 is 0 Å². The second kappa shape index (κ2) is 8.30. The van der Waals surface area contributed by atoms with Crippen LogP contribution in [0.4, 0.5) is 31.5 Å². The summed E-state index contributed by atoms with van der Waals surface area (Å²) in [5, 5.41) is 17.6. The summed E-state index contributed by atoms with van der Waals surface area (Å²) >= 11 is 0. The minimum absolute atomic E-state index is 0.120. The van der Waals surface area contributed by atoms with Gasteiger partial charge in [-0.05, 0) is 30.4 Å². The molecule has 1 aliphatic carbocycles. The molecule has 0 unspecified atom stereocenters. The molecule has 180 valence electrons. The Morgan fingerprint density at radius 2 is 2.03 bits per heavy atom. The molecular formula is C19H21F5N6O3. The topological polar surface area (TPSA) is 112 Å². The van der Waals surface area contributed by atoms with E-state index in [1.165, 1.54) is 23.0 Å². The minimum atomic E-state index is -4.56. The average Bonchev–Trinajstić information content (AvgIpc) is 3.29. The molecule has 14 heteroatoms. The molecule has 9 nitrogen and oxygen atoms in total. The van der Waals surface area contributed by atoms with Crippen LogP contribution in [0.25, 0.3) is 5.65 Å². The van der Waals surface area contributed by atoms with E-state index in [1.807, 2.05) is 5.32 Å². The second-order valence-corrected chi connectivity index (χ2v) is 8.38. The number of imidazole rings is 1. The van der Waals surface area contributed by atoms with Crippen molar-refractivity contribution in [1.29, 1.82) is 0 Å². The third-order valence-corrected chi connectivity index (χ3v) is 5.98. The van der Waals surface area contributed by atoms with Crippen molar-refractivity contribution in [3.63, 3.8) is 0 Å². The number of carboxylic acid groups (broad SMARTS) is 1. The van der Waals surface area contributed by atoms with Gasteiger partial charge in [-0.3, -0.25) is 0 Å². The van der Waals surface area contributed by atoms with Gasteiger partial charge in [-0.15, -0.1) is 0 Å². The molecule has 2 aromatic rings. The van der Waals surface area contributed by atoms with E-state index in [0.29, 0.717) is 11.3 Å². The highest BCUT2D eigenvalue weighted by atomic mass is 19.4. The fourth-order valence-corrected chi connectivity index (χ4v) is 4.26. The maximum absolute atomic E-state index is 13.5. The normalized spacial score (nSPS) is 22.4. The van der Waals surface area contributed by atoms with Gasteiger partial charge in [0.25, 0.3) is 0 Å². The molecule has 0 radical (unpaired) electrons. The summed E-state index contributed by atoms with van der Waals surface area (Å²) < 4.78 is 67.0. The smallest absolute Gasteiger partial charge is 0.410 e. The number of hydrogen-bond acceptors (Lipinski definition) is 4. The van der Waals surface area contributed by atoms with Crippen LogP contribution in [0.2, 0.25) is 0 Å². The lowest BCUT2D eigenvalue weighted by molar-refractivity contribution is -0.149. The van der Waals surface area contributed by atoms with Crippen molar-refractivity contribution in [2.75, 3.05) is 6.54 Å². The van der Waals surface area contributed by atoms with Crippen molar-refractivity contribution in [2.24, 2.45) is 5.92 Å². The van der Waals surface area contributed by atoms with E-state index in [0.717, 1.165) is 4.90 Å². The van der Waals surface area contributed by atoms with Crippen LogP contribution in [0.3, 0.4) is 0 Å². The fourth-order valence-electron chi connectivity index (χ4n) is 4.26. The fraction of sp³-hybridized carbons (Fsp3) is 0.579. The number of rotatable bonds is 5. The molecule has 1 aliphatic heterocycles. The van der Waals surface area contributed by atoms with Gasteiger partial charge in [0.15, 0.2) is 5.65 Å². The number of urea groups is 1. The van der Waals surface area contributed by atoms with Crippen molar-refractivity contribution in [1.82, 2.24) is 30.1 Å². The van der Waals surface area contributed by atoms with E-state index in [2.05, 4.69) is 15.4 Å². The third-order valence-electron chi connectivity index (χ3n) is 5.98. The lowest BCUT2D eigenvalue weighted by atomic mass is 9.81. The van der Waals surface area contributed by atoms with Crippen molar-refractivity contribution < 1.29 is 36.6 Å². The van der Waals surface area contributed by atoms with Gasteiger partial charge in [0, 0.05) is 19.4 Å². The zero-order chi connectivity index (χ0) is 24.0. The van der Waals surface area contributed by atoms with E-state index in [-0.39, 0.29) is 43.8 Å². The van der Waals surface area contributed by atoms with Gasteiger partial charge >= 0.3 is 18.3 Å². The second-order valence-electron chi connectivity index (χ2n) is 8.38. The van der Waals surface area contributed by atoms with E-state index in [9.17, 15) is 36.6 Å². The summed E-state index contributed by atoms with van der Waals surface area (Å²) in [5.41, 5.74) is 1.01. The van der Waals surface area contributed by atoms with Crippen molar-refractivity contribution in [3.8, 4) is 0 Å². The average molecular weight is 476 g/mol. The van der Waals surface area contributed by atoms with Gasteiger partial charge in [0.05, 0.1) is 30.7 Å². The lowest BCUT2D eigenvalue weighted by Gasteiger charge is -2.32. The number of hydrogen-bond donors (Lipinski definition) is 3. The van der Waals surface area contributed by atoms with Gasteiger partial charge < -0.3 is 20.6 Å². The predicted molar refractivity (Wildman–Crippen MR) is 103 cm³/mol. The molecule has 0 aromatic carbocycles. The first-order chi connectivity index (χ1) is 15.4. The molecular weight excluding hydrogens is 455 g/mol. The van der Waals surface area contributed by atoms with Gasteiger partial charge in [-0.25, -0.2) is 27.9 Å². The molecule has 4 rings (SSSR count). The van der Waals surface area contributed by atoms with Crippen molar-refractivity contribution in [2.45, 2.75) is 56.4 Å². The number of amides is 3. The Morgan fingerprint density at radius 3 is 2.64 bits per heavy atom. The quantitative estimate of drug-likeness (QED) is 0.574. The van der Waals surface area contributed by atoms with Crippen LogP contribution in [0.15, 0.2) is 18.5 Å². The first kappa shape index (κ1) is 23.0. The molecule has 2 aromatic heterocycles. The Balaban J connectivity index is 1.53. The summed E-state index contributed by atoms with van der Waals surface area (Å²) in [4.78, 5) is 28.6. The van der Waals surface area contributed by atoms with Crippen molar-refractivity contribution >= 4 is 17.8 Å². The Labute approximate surface area is 183 Å². The number of fused-ring (bicyclic) bond motifs is 1. The first-order valence-electron chi connectivity index (χ1n) is 10.2. The zero-order valence-electron chi connectivity index (χ0n) is 17.1. The zero-order valence-corrected chi connectivity index (χ0v) is 17.1. The maximum Gasteiger partial charge on any atom is 0.410 e. The van der Waals surface area contributed by atoms with Gasteiger partial charge in [0.1, 0.15) is 6.04 Å². The standard InChI is InChI=1S/C19H21F5N6O3/c20-18(21)3-1-11(2-4-18)15(28-17(32)33)12-8-30-14(26-12)5-10(6-25-30)7-29-9-13(19(22,23)24)27-16(29)31/h5-6,8,11,13,15,28H,1-4,7,9H2,(H,27,31)(H,32,33)/t13-,15-/m0/s1. The molecule has 1 saturated heterocycles. The molecule has 1 saturated carbocycles. The highest BCUT2D eigenvalue weighted by Gasteiger charge is 2.46. The third kappa shape index (κ3) is 5.09. The van der Waals surface area contributed by atoms with Crippen LogP contribution in [0.1, 0.15) is 43.0 Å². The highest BCUT2D eigenvalue weighted by molar-refractivity contribution is 5.77. The molecule has 2 fully saturated rings. The predicted octanol–water partition coefficient (Wildman–Crippen LogP) is 3.32. The number of carbonyl (C=O) groups is 2. The van der Waals surface area contributed by atoms with Crippen LogP contribution in [-0.4, -0.2) is 61.4 Å². The summed E-state index contributed by atoms with van der Waals surface area (Å²) in [6, 6.07) is -2.09. The number of nitrogens with zero attached hydrogens (tertiary/aromatic N) is 4. The molecule has 0 spiro atoms. The van der Waals surface area contributed by atoms with Gasteiger partial charge in [0.2, 0.25) is 5.92 Å². The number of aromatic nitrogens is 3. The number of halogens is 5. The largest absolute Gasteiger partial charge is 0.465 e. The molecule has 33 heavy (non-hydrogen) atoms. The number of alkyl halides is 5. The molecule has 3 heterocycles. The molecule has 2 atom stereocenters. The number of nitrogens with one attached hydrogen (secondary N) is 2.